The standard InChI is InChI=1S/C21H22FN3O4/c22-17-8-6-16(7-9-17)21(10-1-2-11-21)14-24-19(26)13-23-20(27)15-4-3-5-18(12-15)25(28)29/h3-9,12H,1-2,10-11,13-14H2,(H,23,27)(H,24,26). The van der Waals surface area contributed by atoms with Gasteiger partial charge in [-0.3, -0.25) is 19.7 Å². The molecule has 0 heterocycles. The Morgan fingerprint density at radius 2 is 1.76 bits per heavy atom. The number of carbonyl (C=O) groups excluding carboxylic acids is 2. The van der Waals surface area contributed by atoms with Crippen molar-refractivity contribution in [2.24, 2.45) is 0 Å². The minimum atomic E-state index is -0.583. The number of hydrogen-bond acceptors (Lipinski definition) is 4. The summed E-state index contributed by atoms with van der Waals surface area (Å²) in [6.45, 7) is 0.172. The van der Waals surface area contributed by atoms with E-state index in [9.17, 15) is 24.1 Å². The van der Waals surface area contributed by atoms with Crippen LogP contribution in [0.2, 0.25) is 0 Å². The minimum absolute atomic E-state index is 0.116. The van der Waals surface area contributed by atoms with Gasteiger partial charge in [0.05, 0.1) is 11.5 Å². The number of nitro benzene ring substituents is 1. The molecule has 2 N–H and O–H groups in total. The summed E-state index contributed by atoms with van der Waals surface area (Å²) in [7, 11) is 0. The molecular formula is C21H22FN3O4. The van der Waals surface area contributed by atoms with Crippen molar-refractivity contribution in [1.29, 1.82) is 0 Å². The molecule has 2 amide bonds. The first-order valence-corrected chi connectivity index (χ1v) is 9.45. The number of hydrogen-bond donors (Lipinski definition) is 2. The summed E-state index contributed by atoms with van der Waals surface area (Å²) in [5.74, 6) is -1.20. The average molecular weight is 399 g/mol. The van der Waals surface area contributed by atoms with E-state index in [-0.39, 0.29) is 34.9 Å². The largest absolute Gasteiger partial charge is 0.354 e. The Labute approximate surface area is 167 Å². The number of non-ortho nitro benzene ring substituents is 1. The predicted octanol–water partition coefficient (Wildman–Crippen LogP) is 3.09. The highest BCUT2D eigenvalue weighted by atomic mass is 19.1. The Hall–Kier alpha value is -3.29. The lowest BCUT2D eigenvalue weighted by Gasteiger charge is -2.30. The highest BCUT2D eigenvalue weighted by Gasteiger charge is 2.35. The van der Waals surface area contributed by atoms with Crippen molar-refractivity contribution in [3.8, 4) is 0 Å². The van der Waals surface area contributed by atoms with Gasteiger partial charge in [0.25, 0.3) is 11.6 Å². The number of nitrogens with zero attached hydrogens (tertiary/aromatic N) is 1. The van der Waals surface area contributed by atoms with Gasteiger partial charge in [-0.1, -0.05) is 31.0 Å². The van der Waals surface area contributed by atoms with E-state index in [4.69, 9.17) is 0 Å². The van der Waals surface area contributed by atoms with Crippen LogP contribution < -0.4 is 10.6 Å². The maximum atomic E-state index is 13.3. The lowest BCUT2D eigenvalue weighted by molar-refractivity contribution is -0.384. The van der Waals surface area contributed by atoms with E-state index in [0.29, 0.717) is 6.54 Å². The van der Waals surface area contributed by atoms with Crippen LogP contribution in [0.1, 0.15) is 41.6 Å². The number of amides is 2. The third-order valence-corrected chi connectivity index (χ3v) is 5.37. The van der Waals surface area contributed by atoms with Crippen molar-refractivity contribution in [2.75, 3.05) is 13.1 Å². The second kappa shape index (κ2) is 8.81. The number of nitro groups is 1. The van der Waals surface area contributed by atoms with Gasteiger partial charge in [0.15, 0.2) is 0 Å². The first-order valence-electron chi connectivity index (χ1n) is 9.45. The summed E-state index contributed by atoms with van der Waals surface area (Å²) in [5.41, 5.74) is 0.695. The van der Waals surface area contributed by atoms with Crippen molar-refractivity contribution in [3.05, 3.63) is 75.6 Å². The lowest BCUT2D eigenvalue weighted by atomic mass is 9.79. The van der Waals surface area contributed by atoms with Gasteiger partial charge in [-0.2, -0.15) is 0 Å². The zero-order valence-corrected chi connectivity index (χ0v) is 15.8. The van der Waals surface area contributed by atoms with Gasteiger partial charge in [-0.05, 0) is 36.6 Å². The summed E-state index contributed by atoms with van der Waals surface area (Å²) in [4.78, 5) is 34.6. The molecule has 1 saturated carbocycles. The van der Waals surface area contributed by atoms with Gasteiger partial charge in [-0.25, -0.2) is 4.39 Å². The van der Waals surface area contributed by atoms with E-state index in [1.165, 1.54) is 30.3 Å². The maximum absolute atomic E-state index is 13.3. The zero-order valence-electron chi connectivity index (χ0n) is 15.8. The fourth-order valence-electron chi connectivity index (χ4n) is 3.78. The number of carbonyl (C=O) groups is 2. The van der Waals surface area contributed by atoms with E-state index >= 15 is 0 Å². The molecule has 0 bridgehead atoms. The second-order valence-electron chi connectivity index (χ2n) is 7.26. The quantitative estimate of drug-likeness (QED) is 0.552. The smallest absolute Gasteiger partial charge is 0.270 e. The van der Waals surface area contributed by atoms with Crippen LogP contribution in [0.25, 0.3) is 0 Å². The average Bonchev–Trinajstić information content (AvgIpc) is 3.21. The van der Waals surface area contributed by atoms with Crippen molar-refractivity contribution < 1.29 is 18.9 Å². The van der Waals surface area contributed by atoms with Crippen LogP contribution in [-0.2, 0) is 10.2 Å². The molecule has 0 radical (unpaired) electrons. The molecule has 29 heavy (non-hydrogen) atoms. The molecule has 3 rings (SSSR count). The van der Waals surface area contributed by atoms with Crippen LogP contribution in [0.15, 0.2) is 48.5 Å². The van der Waals surface area contributed by atoms with Crippen LogP contribution in [0.3, 0.4) is 0 Å². The molecule has 1 aliphatic rings. The van der Waals surface area contributed by atoms with E-state index in [1.807, 2.05) is 0 Å². The molecular weight excluding hydrogens is 377 g/mol. The van der Waals surface area contributed by atoms with Crippen LogP contribution in [0.4, 0.5) is 10.1 Å². The van der Waals surface area contributed by atoms with Crippen LogP contribution >= 0.6 is 0 Å². The third kappa shape index (κ3) is 4.96. The molecule has 2 aromatic rings. The summed E-state index contributed by atoms with van der Waals surface area (Å²) in [6.07, 6.45) is 3.88. The van der Waals surface area contributed by atoms with E-state index in [2.05, 4.69) is 10.6 Å². The van der Waals surface area contributed by atoms with Gasteiger partial charge in [0.1, 0.15) is 5.82 Å². The van der Waals surface area contributed by atoms with Crippen molar-refractivity contribution in [1.82, 2.24) is 10.6 Å². The van der Waals surface area contributed by atoms with Crippen LogP contribution in [-0.4, -0.2) is 29.8 Å². The number of benzene rings is 2. The van der Waals surface area contributed by atoms with Gasteiger partial charge in [0, 0.05) is 29.7 Å². The van der Waals surface area contributed by atoms with Crippen molar-refractivity contribution in [2.45, 2.75) is 31.1 Å². The zero-order chi connectivity index (χ0) is 20.9. The molecule has 0 aliphatic heterocycles. The van der Waals surface area contributed by atoms with Crippen molar-refractivity contribution >= 4 is 17.5 Å². The Balaban J connectivity index is 1.56. The second-order valence-corrected chi connectivity index (χ2v) is 7.26. The molecule has 0 atom stereocenters. The normalized spacial score (nSPS) is 14.9. The highest BCUT2D eigenvalue weighted by molar-refractivity contribution is 5.96. The number of rotatable bonds is 7. The highest BCUT2D eigenvalue weighted by Crippen LogP contribution is 2.40. The van der Waals surface area contributed by atoms with Gasteiger partial charge in [0.2, 0.25) is 5.91 Å². The number of halogens is 1. The van der Waals surface area contributed by atoms with Gasteiger partial charge < -0.3 is 10.6 Å². The van der Waals surface area contributed by atoms with Crippen LogP contribution in [0.5, 0.6) is 0 Å². The monoisotopic (exact) mass is 399 g/mol. The molecule has 2 aromatic carbocycles. The van der Waals surface area contributed by atoms with Crippen molar-refractivity contribution in [3.63, 3.8) is 0 Å². The van der Waals surface area contributed by atoms with Gasteiger partial charge >= 0.3 is 0 Å². The topological polar surface area (TPSA) is 101 Å². The summed E-state index contributed by atoms with van der Waals surface area (Å²) in [6, 6.07) is 11.7. The maximum Gasteiger partial charge on any atom is 0.270 e. The number of nitrogens with one attached hydrogen (secondary N) is 2. The molecule has 0 saturated heterocycles. The molecule has 1 fully saturated rings. The van der Waals surface area contributed by atoms with Crippen LogP contribution in [0, 0.1) is 15.9 Å². The Morgan fingerprint density at radius 3 is 2.41 bits per heavy atom. The molecule has 0 spiro atoms. The Kier molecular flexibility index (Phi) is 6.21. The van der Waals surface area contributed by atoms with E-state index in [1.54, 1.807) is 12.1 Å². The summed E-state index contributed by atoms with van der Waals surface area (Å²) >= 11 is 0. The molecule has 1 aliphatic carbocycles. The fourth-order valence-corrected chi connectivity index (χ4v) is 3.78. The van der Waals surface area contributed by atoms with E-state index < -0.39 is 10.8 Å². The molecule has 152 valence electrons. The predicted molar refractivity (Wildman–Crippen MR) is 105 cm³/mol. The summed E-state index contributed by atoms with van der Waals surface area (Å²) in [5, 5.41) is 16.1. The molecule has 8 heteroatoms. The lowest BCUT2D eigenvalue weighted by Crippen LogP contribution is -2.43. The van der Waals surface area contributed by atoms with Gasteiger partial charge in [-0.15, -0.1) is 0 Å². The van der Waals surface area contributed by atoms with E-state index in [0.717, 1.165) is 37.3 Å². The Bertz CT molecular complexity index is 908. The fraction of sp³-hybridized carbons (Fsp3) is 0.333. The Morgan fingerprint density at radius 1 is 1.07 bits per heavy atom. The first-order chi connectivity index (χ1) is 13.9. The molecule has 0 unspecified atom stereocenters. The minimum Gasteiger partial charge on any atom is -0.354 e. The summed E-state index contributed by atoms with van der Waals surface area (Å²) < 4.78 is 13.3. The first kappa shape index (κ1) is 20.4. The third-order valence-electron chi connectivity index (χ3n) is 5.37. The molecule has 0 aromatic heterocycles. The SMILES string of the molecule is O=C(CNC(=O)c1cccc([N+](=O)[O-])c1)NCC1(c2ccc(F)cc2)CCCC1. The molecule has 7 nitrogen and oxygen atoms in total.